The Morgan fingerprint density at radius 2 is 2.08 bits per heavy atom. The van der Waals surface area contributed by atoms with Crippen molar-refractivity contribution in [1.82, 2.24) is 9.97 Å². The molecule has 0 aliphatic carbocycles. The van der Waals surface area contributed by atoms with Crippen LogP contribution in [-0.4, -0.2) is 21.0 Å². The van der Waals surface area contributed by atoms with Crippen LogP contribution in [0, 0.1) is 13.8 Å². The molecule has 0 fully saturated rings. The molecule has 5 heteroatoms. The highest BCUT2D eigenvalue weighted by Crippen LogP contribution is 1.97. The molecule has 0 aliphatic heterocycles. The fourth-order valence-electron chi connectivity index (χ4n) is 0.978. The summed E-state index contributed by atoms with van der Waals surface area (Å²) < 4.78 is 0. The molecule has 1 aromatic rings. The van der Waals surface area contributed by atoms with E-state index in [1.807, 2.05) is 0 Å². The first-order valence-corrected chi connectivity index (χ1v) is 3.33. The first kappa shape index (κ1) is 8.45. The highest BCUT2D eigenvalue weighted by Gasteiger charge is 2.13. The number of nitrogens with zero attached hydrogens (tertiary/aromatic N) is 1. The predicted octanol–water partition coefficient (Wildman–Crippen LogP) is 0.0849. The minimum atomic E-state index is -1.25. The highest BCUT2D eigenvalue weighted by atomic mass is 16.4. The third kappa shape index (κ3) is 1.34. The van der Waals surface area contributed by atoms with Crippen LogP contribution in [0.2, 0.25) is 0 Å². The standard InChI is InChI=1S/C7H8N2O3/c1-3-5(7(11)12)6(10)9-4(2)8-3/h1-2H3,(H,11,12)(H,8,9,10). The van der Waals surface area contributed by atoms with Gasteiger partial charge in [0.05, 0.1) is 5.69 Å². The number of hydrogen-bond donors (Lipinski definition) is 2. The van der Waals surface area contributed by atoms with E-state index in [0.29, 0.717) is 5.82 Å². The van der Waals surface area contributed by atoms with Crippen LogP contribution >= 0.6 is 0 Å². The summed E-state index contributed by atoms with van der Waals surface area (Å²) in [5.41, 5.74) is -0.656. The number of nitrogens with one attached hydrogen (secondary N) is 1. The topological polar surface area (TPSA) is 83.0 Å². The summed E-state index contributed by atoms with van der Waals surface area (Å²) in [5, 5.41) is 8.58. The van der Waals surface area contributed by atoms with Gasteiger partial charge in [0.1, 0.15) is 11.4 Å². The van der Waals surface area contributed by atoms with Gasteiger partial charge in [-0.2, -0.15) is 0 Å². The number of aromatic nitrogens is 2. The van der Waals surface area contributed by atoms with E-state index in [1.165, 1.54) is 6.92 Å². The van der Waals surface area contributed by atoms with Crippen LogP contribution in [0.15, 0.2) is 4.79 Å². The number of carboxylic acids is 1. The minimum absolute atomic E-state index is 0.240. The second-order valence-corrected chi connectivity index (χ2v) is 2.42. The first-order valence-electron chi connectivity index (χ1n) is 3.33. The van der Waals surface area contributed by atoms with Gasteiger partial charge in [0.25, 0.3) is 5.56 Å². The first-order chi connectivity index (χ1) is 5.52. The summed E-state index contributed by atoms with van der Waals surface area (Å²) in [6.45, 7) is 3.09. The average Bonchev–Trinajstić information content (AvgIpc) is 1.82. The van der Waals surface area contributed by atoms with Crippen LogP contribution < -0.4 is 5.56 Å². The van der Waals surface area contributed by atoms with E-state index >= 15 is 0 Å². The molecule has 0 aliphatic rings. The van der Waals surface area contributed by atoms with E-state index in [9.17, 15) is 9.59 Å². The molecule has 0 unspecified atom stereocenters. The maximum Gasteiger partial charge on any atom is 0.343 e. The Hall–Kier alpha value is -1.65. The van der Waals surface area contributed by atoms with Gasteiger partial charge in [-0.25, -0.2) is 9.78 Å². The molecule has 0 radical (unpaired) electrons. The normalized spacial score (nSPS) is 9.83. The molecule has 5 nitrogen and oxygen atoms in total. The second-order valence-electron chi connectivity index (χ2n) is 2.42. The molecular formula is C7H8N2O3. The van der Waals surface area contributed by atoms with Crippen LogP contribution in [0.3, 0.4) is 0 Å². The lowest BCUT2D eigenvalue weighted by Crippen LogP contribution is -2.21. The summed E-state index contributed by atoms with van der Waals surface area (Å²) in [5.74, 6) is -0.830. The smallest absolute Gasteiger partial charge is 0.343 e. The summed E-state index contributed by atoms with van der Waals surface area (Å²) in [6.07, 6.45) is 0. The van der Waals surface area contributed by atoms with Gasteiger partial charge in [0, 0.05) is 0 Å². The molecular weight excluding hydrogens is 160 g/mol. The second kappa shape index (κ2) is 2.77. The number of carbonyl (C=O) groups is 1. The number of aromatic carboxylic acids is 1. The zero-order valence-electron chi connectivity index (χ0n) is 6.71. The van der Waals surface area contributed by atoms with Gasteiger partial charge < -0.3 is 10.1 Å². The molecule has 0 saturated heterocycles. The van der Waals surface area contributed by atoms with E-state index in [4.69, 9.17) is 5.11 Å². The van der Waals surface area contributed by atoms with Crippen molar-refractivity contribution in [3.63, 3.8) is 0 Å². The van der Waals surface area contributed by atoms with E-state index in [0.717, 1.165) is 0 Å². The van der Waals surface area contributed by atoms with E-state index in [-0.39, 0.29) is 11.3 Å². The average molecular weight is 168 g/mol. The van der Waals surface area contributed by atoms with Gasteiger partial charge in [-0.05, 0) is 13.8 Å². The quantitative estimate of drug-likeness (QED) is 0.622. The minimum Gasteiger partial charge on any atom is -0.477 e. The van der Waals surface area contributed by atoms with Gasteiger partial charge >= 0.3 is 5.97 Å². The molecule has 1 heterocycles. The van der Waals surface area contributed by atoms with Crippen molar-refractivity contribution in [2.75, 3.05) is 0 Å². The maximum atomic E-state index is 11.0. The Morgan fingerprint density at radius 3 is 2.50 bits per heavy atom. The van der Waals surface area contributed by atoms with Gasteiger partial charge in [0.2, 0.25) is 0 Å². The van der Waals surface area contributed by atoms with Crippen LogP contribution in [0.1, 0.15) is 21.9 Å². The molecule has 0 atom stereocenters. The monoisotopic (exact) mass is 168 g/mol. The fourth-order valence-corrected chi connectivity index (χ4v) is 0.978. The lowest BCUT2D eigenvalue weighted by molar-refractivity contribution is 0.0693. The molecule has 0 bridgehead atoms. The Balaban J connectivity index is 3.49. The van der Waals surface area contributed by atoms with Crippen molar-refractivity contribution in [3.05, 3.63) is 27.4 Å². The maximum absolute atomic E-state index is 11.0. The molecule has 64 valence electrons. The Kier molecular flexibility index (Phi) is 1.95. The number of aryl methyl sites for hydroxylation is 2. The van der Waals surface area contributed by atoms with E-state index in [2.05, 4.69) is 9.97 Å². The van der Waals surface area contributed by atoms with Crippen LogP contribution in [-0.2, 0) is 0 Å². The lowest BCUT2D eigenvalue weighted by atomic mass is 10.2. The zero-order chi connectivity index (χ0) is 9.30. The summed E-state index contributed by atoms with van der Waals surface area (Å²) >= 11 is 0. The number of H-pyrrole nitrogens is 1. The van der Waals surface area contributed by atoms with Crippen LogP contribution in [0.5, 0.6) is 0 Å². The number of hydrogen-bond acceptors (Lipinski definition) is 3. The van der Waals surface area contributed by atoms with Crippen molar-refractivity contribution in [3.8, 4) is 0 Å². The molecule has 2 N–H and O–H groups in total. The molecule has 1 aromatic heterocycles. The van der Waals surface area contributed by atoms with Crippen LogP contribution in [0.4, 0.5) is 0 Å². The highest BCUT2D eigenvalue weighted by molar-refractivity contribution is 5.88. The molecule has 0 spiro atoms. The van der Waals surface area contributed by atoms with Crippen molar-refractivity contribution in [1.29, 1.82) is 0 Å². The van der Waals surface area contributed by atoms with E-state index < -0.39 is 11.5 Å². The third-order valence-corrected chi connectivity index (χ3v) is 1.43. The largest absolute Gasteiger partial charge is 0.477 e. The number of carboxylic acid groups (broad SMARTS) is 1. The Bertz CT molecular complexity index is 381. The molecule has 1 rings (SSSR count). The third-order valence-electron chi connectivity index (χ3n) is 1.43. The fraction of sp³-hybridized carbons (Fsp3) is 0.286. The number of aromatic amines is 1. The lowest BCUT2D eigenvalue weighted by Gasteiger charge is -1.98. The van der Waals surface area contributed by atoms with Gasteiger partial charge in [-0.15, -0.1) is 0 Å². The van der Waals surface area contributed by atoms with Crippen molar-refractivity contribution >= 4 is 5.97 Å². The molecule has 0 saturated carbocycles. The molecule has 0 aromatic carbocycles. The van der Waals surface area contributed by atoms with Crippen LogP contribution in [0.25, 0.3) is 0 Å². The SMILES string of the molecule is Cc1nc(C)c(C(=O)O)c(=O)[nH]1. The summed E-state index contributed by atoms with van der Waals surface area (Å²) in [6, 6.07) is 0. The van der Waals surface area contributed by atoms with Crippen molar-refractivity contribution in [2.45, 2.75) is 13.8 Å². The van der Waals surface area contributed by atoms with E-state index in [1.54, 1.807) is 6.92 Å². The summed E-state index contributed by atoms with van der Waals surface area (Å²) in [7, 11) is 0. The van der Waals surface area contributed by atoms with Crippen molar-refractivity contribution < 1.29 is 9.90 Å². The molecule has 0 amide bonds. The van der Waals surface area contributed by atoms with Gasteiger partial charge in [-0.1, -0.05) is 0 Å². The van der Waals surface area contributed by atoms with Gasteiger partial charge in [-0.3, -0.25) is 4.79 Å². The Labute approximate surface area is 68.1 Å². The van der Waals surface area contributed by atoms with Crippen molar-refractivity contribution in [2.24, 2.45) is 0 Å². The predicted molar refractivity (Wildman–Crippen MR) is 41.3 cm³/mol. The summed E-state index contributed by atoms with van der Waals surface area (Å²) in [4.78, 5) is 27.7. The van der Waals surface area contributed by atoms with Gasteiger partial charge in [0.15, 0.2) is 0 Å². The Morgan fingerprint density at radius 1 is 1.50 bits per heavy atom. The number of rotatable bonds is 1. The zero-order valence-corrected chi connectivity index (χ0v) is 6.71. The molecule has 12 heavy (non-hydrogen) atoms.